The average Bonchev–Trinajstić information content (AvgIpc) is 2.18. The molecule has 2 unspecified atom stereocenters. The molecule has 0 spiro atoms. The predicted molar refractivity (Wildman–Crippen MR) is 66.3 cm³/mol. The number of nitrogens with one attached hydrogen (secondary N) is 1. The van der Waals surface area contributed by atoms with Crippen molar-refractivity contribution >= 4 is 0 Å². The van der Waals surface area contributed by atoms with E-state index in [4.69, 9.17) is 4.74 Å². The Bertz CT molecular complexity index is 142. The number of ether oxygens (including phenoxy) is 1. The zero-order chi connectivity index (χ0) is 11.7. The van der Waals surface area contributed by atoms with Gasteiger partial charge in [-0.25, -0.2) is 0 Å². The fourth-order valence-corrected chi connectivity index (χ4v) is 1.70. The molecule has 0 aromatic rings. The Balaban J connectivity index is 3.62. The molecule has 0 aliphatic rings. The van der Waals surface area contributed by atoms with Crippen LogP contribution < -0.4 is 5.32 Å². The lowest BCUT2D eigenvalue weighted by atomic mass is 10.1. The Morgan fingerprint density at radius 3 is 2.47 bits per heavy atom. The molecule has 3 heteroatoms. The van der Waals surface area contributed by atoms with E-state index in [9.17, 15) is 0 Å². The SMILES string of the molecule is CCNC(C)CC(C)N(C)CCOCC. The van der Waals surface area contributed by atoms with E-state index in [1.165, 1.54) is 6.42 Å². The van der Waals surface area contributed by atoms with Crippen LogP contribution in [0.2, 0.25) is 0 Å². The van der Waals surface area contributed by atoms with Crippen LogP contribution in [0, 0.1) is 0 Å². The van der Waals surface area contributed by atoms with Gasteiger partial charge in [-0.3, -0.25) is 0 Å². The summed E-state index contributed by atoms with van der Waals surface area (Å²) in [6.07, 6.45) is 1.19. The molecule has 0 aliphatic heterocycles. The van der Waals surface area contributed by atoms with Crippen LogP contribution in [0.15, 0.2) is 0 Å². The fraction of sp³-hybridized carbons (Fsp3) is 1.00. The number of nitrogens with zero attached hydrogens (tertiary/aromatic N) is 1. The van der Waals surface area contributed by atoms with Crippen molar-refractivity contribution in [2.24, 2.45) is 0 Å². The van der Waals surface area contributed by atoms with Crippen molar-refractivity contribution in [2.75, 3.05) is 33.4 Å². The Labute approximate surface area is 95.2 Å². The fourth-order valence-electron chi connectivity index (χ4n) is 1.70. The maximum Gasteiger partial charge on any atom is 0.0593 e. The molecule has 2 atom stereocenters. The topological polar surface area (TPSA) is 24.5 Å². The number of likely N-dealkylation sites (N-methyl/N-ethyl adjacent to an activating group) is 1. The first kappa shape index (κ1) is 14.9. The third-order valence-electron chi connectivity index (χ3n) is 2.79. The van der Waals surface area contributed by atoms with E-state index >= 15 is 0 Å². The van der Waals surface area contributed by atoms with Gasteiger partial charge in [0.05, 0.1) is 6.61 Å². The van der Waals surface area contributed by atoms with E-state index in [-0.39, 0.29) is 0 Å². The lowest BCUT2D eigenvalue weighted by Gasteiger charge is -2.27. The quantitative estimate of drug-likeness (QED) is 0.594. The zero-order valence-corrected chi connectivity index (χ0v) is 11.0. The van der Waals surface area contributed by atoms with E-state index in [1.807, 2.05) is 6.92 Å². The lowest BCUT2D eigenvalue weighted by Crippen LogP contribution is -2.38. The number of rotatable bonds is 9. The van der Waals surface area contributed by atoms with E-state index < -0.39 is 0 Å². The second kappa shape index (κ2) is 9.13. The van der Waals surface area contributed by atoms with Crippen LogP contribution in [0.5, 0.6) is 0 Å². The summed E-state index contributed by atoms with van der Waals surface area (Å²) in [5.41, 5.74) is 0. The second-order valence-electron chi connectivity index (χ2n) is 4.22. The molecule has 0 aromatic heterocycles. The molecular weight excluding hydrogens is 188 g/mol. The van der Waals surface area contributed by atoms with Gasteiger partial charge in [-0.05, 0) is 40.8 Å². The van der Waals surface area contributed by atoms with Crippen molar-refractivity contribution in [3.05, 3.63) is 0 Å². The Kier molecular flexibility index (Phi) is 9.06. The van der Waals surface area contributed by atoms with Gasteiger partial charge in [-0.15, -0.1) is 0 Å². The smallest absolute Gasteiger partial charge is 0.0593 e. The standard InChI is InChI=1S/C12H28N2O/c1-6-13-11(3)10-12(4)14(5)8-9-15-7-2/h11-13H,6-10H2,1-5H3. The molecule has 0 saturated heterocycles. The minimum Gasteiger partial charge on any atom is -0.380 e. The van der Waals surface area contributed by atoms with Gasteiger partial charge >= 0.3 is 0 Å². The van der Waals surface area contributed by atoms with Gasteiger partial charge < -0.3 is 15.0 Å². The molecule has 92 valence electrons. The molecule has 0 aromatic carbocycles. The highest BCUT2D eigenvalue weighted by atomic mass is 16.5. The van der Waals surface area contributed by atoms with Gasteiger partial charge in [0.1, 0.15) is 0 Å². The third-order valence-corrected chi connectivity index (χ3v) is 2.79. The lowest BCUT2D eigenvalue weighted by molar-refractivity contribution is 0.106. The summed E-state index contributed by atoms with van der Waals surface area (Å²) >= 11 is 0. The van der Waals surface area contributed by atoms with Crippen LogP contribution in [0.1, 0.15) is 34.1 Å². The van der Waals surface area contributed by atoms with Crippen LogP contribution in [-0.4, -0.2) is 50.3 Å². The second-order valence-corrected chi connectivity index (χ2v) is 4.22. The Morgan fingerprint density at radius 2 is 1.93 bits per heavy atom. The van der Waals surface area contributed by atoms with Crippen LogP contribution in [-0.2, 0) is 4.74 Å². The normalized spacial score (nSPS) is 15.6. The highest BCUT2D eigenvalue weighted by Gasteiger charge is 2.12. The summed E-state index contributed by atoms with van der Waals surface area (Å²) in [4.78, 5) is 2.36. The molecule has 0 radical (unpaired) electrons. The third kappa shape index (κ3) is 7.77. The monoisotopic (exact) mass is 216 g/mol. The van der Waals surface area contributed by atoms with E-state index in [0.717, 1.165) is 26.3 Å². The molecule has 1 N–H and O–H groups in total. The van der Waals surface area contributed by atoms with Gasteiger partial charge in [-0.1, -0.05) is 6.92 Å². The molecule has 3 nitrogen and oxygen atoms in total. The molecule has 0 bridgehead atoms. The summed E-state index contributed by atoms with van der Waals surface area (Å²) in [7, 11) is 2.17. The summed E-state index contributed by atoms with van der Waals surface area (Å²) < 4.78 is 5.35. The first-order valence-corrected chi connectivity index (χ1v) is 6.13. The highest BCUT2D eigenvalue weighted by molar-refractivity contribution is 4.70. The summed E-state index contributed by atoms with van der Waals surface area (Å²) in [5, 5.41) is 3.44. The van der Waals surface area contributed by atoms with Gasteiger partial charge in [0.15, 0.2) is 0 Å². The van der Waals surface area contributed by atoms with Gasteiger partial charge in [0.2, 0.25) is 0 Å². The van der Waals surface area contributed by atoms with Gasteiger partial charge in [-0.2, -0.15) is 0 Å². The predicted octanol–water partition coefficient (Wildman–Crippen LogP) is 1.73. The molecular formula is C12H28N2O. The van der Waals surface area contributed by atoms with Gasteiger partial charge in [0, 0.05) is 25.2 Å². The Morgan fingerprint density at radius 1 is 1.27 bits per heavy atom. The molecule has 15 heavy (non-hydrogen) atoms. The molecule has 0 rings (SSSR count). The van der Waals surface area contributed by atoms with E-state index in [1.54, 1.807) is 0 Å². The van der Waals surface area contributed by atoms with Crippen LogP contribution in [0.4, 0.5) is 0 Å². The van der Waals surface area contributed by atoms with Crippen molar-refractivity contribution in [3.63, 3.8) is 0 Å². The maximum atomic E-state index is 5.35. The van der Waals surface area contributed by atoms with Crippen LogP contribution in [0.25, 0.3) is 0 Å². The molecule has 0 saturated carbocycles. The number of hydrogen-bond donors (Lipinski definition) is 1. The van der Waals surface area contributed by atoms with E-state index in [2.05, 4.69) is 38.0 Å². The van der Waals surface area contributed by atoms with Crippen LogP contribution >= 0.6 is 0 Å². The summed E-state index contributed by atoms with van der Waals surface area (Å²) in [5.74, 6) is 0. The van der Waals surface area contributed by atoms with Crippen molar-refractivity contribution in [2.45, 2.75) is 46.2 Å². The highest BCUT2D eigenvalue weighted by Crippen LogP contribution is 2.04. The average molecular weight is 216 g/mol. The summed E-state index contributed by atoms with van der Waals surface area (Å²) in [6, 6.07) is 1.21. The molecule has 0 aliphatic carbocycles. The molecule has 0 amide bonds. The van der Waals surface area contributed by atoms with Crippen molar-refractivity contribution in [1.29, 1.82) is 0 Å². The van der Waals surface area contributed by atoms with Crippen molar-refractivity contribution in [1.82, 2.24) is 10.2 Å². The first-order valence-electron chi connectivity index (χ1n) is 6.13. The van der Waals surface area contributed by atoms with Crippen LogP contribution in [0.3, 0.4) is 0 Å². The minimum absolute atomic E-state index is 0.597. The molecule has 0 heterocycles. The van der Waals surface area contributed by atoms with Gasteiger partial charge in [0.25, 0.3) is 0 Å². The van der Waals surface area contributed by atoms with Crippen molar-refractivity contribution in [3.8, 4) is 0 Å². The van der Waals surface area contributed by atoms with Crippen molar-refractivity contribution < 1.29 is 4.74 Å². The summed E-state index contributed by atoms with van der Waals surface area (Å²) in [6.45, 7) is 12.4. The zero-order valence-electron chi connectivity index (χ0n) is 11.0. The number of hydrogen-bond acceptors (Lipinski definition) is 3. The van der Waals surface area contributed by atoms with E-state index in [0.29, 0.717) is 12.1 Å². The molecule has 0 fully saturated rings. The largest absolute Gasteiger partial charge is 0.380 e. The first-order chi connectivity index (χ1) is 7.11. The Hall–Kier alpha value is -0.120. The minimum atomic E-state index is 0.597. The maximum absolute atomic E-state index is 5.35.